The molecule has 2 N–H and O–H groups in total. The second kappa shape index (κ2) is 3.62. The second-order valence-corrected chi connectivity index (χ2v) is 5.04. The van der Waals surface area contributed by atoms with Crippen LogP contribution < -0.4 is 5.32 Å². The number of aliphatic hydroxyl groups is 1. The van der Waals surface area contributed by atoms with Crippen molar-refractivity contribution in [2.75, 3.05) is 13.1 Å². The Morgan fingerprint density at radius 1 is 1.20 bits per heavy atom. The van der Waals surface area contributed by atoms with Crippen LogP contribution in [0.3, 0.4) is 0 Å². The van der Waals surface area contributed by atoms with Gasteiger partial charge in [0, 0.05) is 12.0 Å². The molecule has 2 rings (SSSR count). The van der Waals surface area contributed by atoms with E-state index in [4.69, 9.17) is 0 Å². The van der Waals surface area contributed by atoms with Gasteiger partial charge in [-0.1, -0.05) is 44.2 Å². The molecule has 1 heterocycles. The van der Waals surface area contributed by atoms with E-state index in [1.54, 1.807) is 0 Å². The molecule has 1 saturated heterocycles. The van der Waals surface area contributed by atoms with Gasteiger partial charge >= 0.3 is 0 Å². The zero-order valence-corrected chi connectivity index (χ0v) is 9.46. The summed E-state index contributed by atoms with van der Waals surface area (Å²) in [4.78, 5) is 0. The van der Waals surface area contributed by atoms with Gasteiger partial charge in [-0.25, -0.2) is 0 Å². The fraction of sp³-hybridized carbons (Fsp3) is 0.538. The van der Waals surface area contributed by atoms with Gasteiger partial charge in [0.15, 0.2) is 0 Å². The average molecular weight is 205 g/mol. The van der Waals surface area contributed by atoms with E-state index >= 15 is 0 Å². The van der Waals surface area contributed by atoms with E-state index in [9.17, 15) is 5.11 Å². The quantitative estimate of drug-likeness (QED) is 0.734. The van der Waals surface area contributed by atoms with Gasteiger partial charge in [0.2, 0.25) is 0 Å². The third-order valence-corrected chi connectivity index (χ3v) is 3.60. The molecule has 1 atom stereocenters. The lowest BCUT2D eigenvalue weighted by molar-refractivity contribution is -0.0944. The largest absolute Gasteiger partial charge is 0.385 e. The Morgan fingerprint density at radius 2 is 1.87 bits per heavy atom. The van der Waals surface area contributed by atoms with Crippen molar-refractivity contribution in [1.29, 1.82) is 0 Å². The minimum Gasteiger partial charge on any atom is -0.385 e. The van der Waals surface area contributed by atoms with Gasteiger partial charge < -0.3 is 10.4 Å². The maximum Gasteiger partial charge on any atom is 0.0971 e. The van der Waals surface area contributed by atoms with Crippen LogP contribution in [0, 0.1) is 5.41 Å². The highest BCUT2D eigenvalue weighted by Gasteiger charge is 2.46. The molecule has 0 unspecified atom stereocenters. The van der Waals surface area contributed by atoms with Crippen molar-refractivity contribution in [1.82, 2.24) is 5.32 Å². The molecule has 1 aliphatic rings. The van der Waals surface area contributed by atoms with Gasteiger partial charge in [0.25, 0.3) is 0 Å². The third-order valence-electron chi connectivity index (χ3n) is 3.60. The Hall–Kier alpha value is -0.860. The van der Waals surface area contributed by atoms with Crippen molar-refractivity contribution >= 4 is 0 Å². The van der Waals surface area contributed by atoms with Gasteiger partial charge in [-0.05, 0) is 18.5 Å². The Bertz CT molecular complexity index is 334. The summed E-state index contributed by atoms with van der Waals surface area (Å²) in [6, 6.07) is 10.0. The van der Waals surface area contributed by atoms with Crippen LogP contribution >= 0.6 is 0 Å². The highest BCUT2D eigenvalue weighted by Crippen LogP contribution is 2.43. The van der Waals surface area contributed by atoms with Crippen molar-refractivity contribution in [2.24, 2.45) is 5.41 Å². The molecule has 0 saturated carbocycles. The van der Waals surface area contributed by atoms with Crippen LogP contribution in [0.1, 0.15) is 25.8 Å². The lowest BCUT2D eigenvalue weighted by Crippen LogP contribution is -2.53. The number of benzene rings is 1. The number of hydrogen-bond acceptors (Lipinski definition) is 2. The molecule has 1 aliphatic heterocycles. The molecule has 0 radical (unpaired) electrons. The normalized spacial score (nSPS) is 30.1. The van der Waals surface area contributed by atoms with E-state index in [2.05, 4.69) is 19.2 Å². The topological polar surface area (TPSA) is 32.3 Å². The molecule has 1 fully saturated rings. The van der Waals surface area contributed by atoms with Crippen LogP contribution in [0.2, 0.25) is 0 Å². The van der Waals surface area contributed by atoms with Gasteiger partial charge in [-0.2, -0.15) is 0 Å². The van der Waals surface area contributed by atoms with Crippen molar-refractivity contribution in [3.05, 3.63) is 35.9 Å². The lowest BCUT2D eigenvalue weighted by Gasteiger charge is -2.47. The molecule has 0 spiro atoms. The van der Waals surface area contributed by atoms with E-state index in [-0.39, 0.29) is 5.41 Å². The minimum absolute atomic E-state index is 0.118. The molecule has 1 aromatic carbocycles. The molecule has 15 heavy (non-hydrogen) atoms. The van der Waals surface area contributed by atoms with Crippen LogP contribution in [0.15, 0.2) is 30.3 Å². The number of piperidine rings is 1. The zero-order valence-electron chi connectivity index (χ0n) is 9.46. The molecule has 1 aromatic rings. The average Bonchev–Trinajstić information content (AvgIpc) is 2.24. The first-order chi connectivity index (χ1) is 7.06. The predicted octanol–water partition coefficient (Wildman–Crippen LogP) is 1.89. The first kappa shape index (κ1) is 10.7. The summed E-state index contributed by atoms with van der Waals surface area (Å²) in [5, 5.41) is 14.2. The second-order valence-electron chi connectivity index (χ2n) is 5.04. The first-order valence-corrected chi connectivity index (χ1v) is 5.55. The van der Waals surface area contributed by atoms with E-state index in [0.29, 0.717) is 0 Å². The van der Waals surface area contributed by atoms with Gasteiger partial charge in [-0.3, -0.25) is 0 Å². The molecule has 0 aromatic heterocycles. The first-order valence-electron chi connectivity index (χ1n) is 5.55. The monoisotopic (exact) mass is 205 g/mol. The summed E-state index contributed by atoms with van der Waals surface area (Å²) in [7, 11) is 0. The molecular formula is C13H19NO. The number of hydrogen-bond donors (Lipinski definition) is 2. The predicted molar refractivity (Wildman–Crippen MR) is 61.6 cm³/mol. The third kappa shape index (κ3) is 1.68. The Morgan fingerprint density at radius 3 is 2.47 bits per heavy atom. The molecule has 2 heteroatoms. The summed E-state index contributed by atoms with van der Waals surface area (Å²) >= 11 is 0. The van der Waals surface area contributed by atoms with Gasteiger partial charge in [-0.15, -0.1) is 0 Å². The highest BCUT2D eigenvalue weighted by atomic mass is 16.3. The van der Waals surface area contributed by atoms with Crippen LogP contribution in [-0.2, 0) is 5.60 Å². The van der Waals surface area contributed by atoms with E-state index in [1.807, 2.05) is 30.3 Å². The maximum absolute atomic E-state index is 10.8. The van der Waals surface area contributed by atoms with E-state index in [1.165, 1.54) is 0 Å². The fourth-order valence-corrected chi connectivity index (χ4v) is 2.40. The Labute approximate surface area is 91.3 Å². The van der Waals surface area contributed by atoms with E-state index < -0.39 is 5.60 Å². The van der Waals surface area contributed by atoms with Crippen molar-refractivity contribution < 1.29 is 5.11 Å². The van der Waals surface area contributed by atoms with Crippen molar-refractivity contribution in [2.45, 2.75) is 25.9 Å². The summed E-state index contributed by atoms with van der Waals surface area (Å²) in [5.74, 6) is 0. The number of rotatable bonds is 1. The Balaban J connectivity index is 2.40. The summed E-state index contributed by atoms with van der Waals surface area (Å²) in [6.45, 7) is 5.98. The molecule has 0 amide bonds. The van der Waals surface area contributed by atoms with Crippen LogP contribution in [0.25, 0.3) is 0 Å². The molecule has 0 aliphatic carbocycles. The van der Waals surface area contributed by atoms with Crippen LogP contribution in [0.5, 0.6) is 0 Å². The lowest BCUT2D eigenvalue weighted by atomic mass is 9.67. The van der Waals surface area contributed by atoms with Crippen LogP contribution in [-0.4, -0.2) is 18.2 Å². The minimum atomic E-state index is -0.695. The highest BCUT2D eigenvalue weighted by molar-refractivity contribution is 5.26. The summed E-state index contributed by atoms with van der Waals surface area (Å²) in [5.41, 5.74) is 0.225. The molecule has 0 bridgehead atoms. The smallest absolute Gasteiger partial charge is 0.0971 e. The number of nitrogens with one attached hydrogen (secondary N) is 1. The molecule has 2 nitrogen and oxygen atoms in total. The molecule has 82 valence electrons. The van der Waals surface area contributed by atoms with Gasteiger partial charge in [0.1, 0.15) is 0 Å². The Kier molecular flexibility index (Phi) is 2.57. The zero-order chi connectivity index (χ0) is 10.9. The SMILES string of the molecule is CC1(C)CNCC[C@@]1(O)c1ccccc1. The summed E-state index contributed by atoms with van der Waals surface area (Å²) < 4.78 is 0. The maximum atomic E-state index is 10.8. The van der Waals surface area contributed by atoms with Crippen molar-refractivity contribution in [3.63, 3.8) is 0 Å². The standard InChI is InChI=1S/C13H19NO/c1-12(2)10-14-9-8-13(12,15)11-6-4-3-5-7-11/h3-7,14-15H,8-10H2,1-2H3/t13-/m1/s1. The van der Waals surface area contributed by atoms with Gasteiger partial charge in [0.05, 0.1) is 5.60 Å². The summed E-state index contributed by atoms with van der Waals surface area (Å²) in [6.07, 6.45) is 0.782. The fourth-order valence-electron chi connectivity index (χ4n) is 2.40. The van der Waals surface area contributed by atoms with E-state index in [0.717, 1.165) is 25.1 Å². The molecular weight excluding hydrogens is 186 g/mol. The van der Waals surface area contributed by atoms with Crippen molar-refractivity contribution in [3.8, 4) is 0 Å². The van der Waals surface area contributed by atoms with Crippen LogP contribution in [0.4, 0.5) is 0 Å².